The molecule has 1 saturated heterocycles. The fraction of sp³-hybridized carbons (Fsp3) is 0.409. The molecule has 0 bridgehead atoms. The van der Waals surface area contributed by atoms with E-state index in [1.165, 1.54) is 6.07 Å². The van der Waals surface area contributed by atoms with E-state index >= 15 is 0 Å². The Morgan fingerprint density at radius 3 is 2.33 bits per heavy atom. The van der Waals surface area contributed by atoms with Gasteiger partial charge < -0.3 is 9.80 Å². The van der Waals surface area contributed by atoms with Crippen molar-refractivity contribution in [3.05, 3.63) is 66.0 Å². The molecule has 0 aromatic heterocycles. The first-order valence-electron chi connectivity index (χ1n) is 9.71. The Hall–Kier alpha value is -2.40. The summed E-state index contributed by atoms with van der Waals surface area (Å²) in [5.74, 6) is 0.0264. The van der Waals surface area contributed by atoms with E-state index in [-0.39, 0.29) is 11.7 Å². The average molecular weight is 369 g/mol. The van der Waals surface area contributed by atoms with Gasteiger partial charge in [0.2, 0.25) is 5.91 Å². The number of carbonyl (C=O) groups is 1. The first kappa shape index (κ1) is 19.4. The third-order valence-corrected chi connectivity index (χ3v) is 5.16. The first-order valence-corrected chi connectivity index (χ1v) is 9.71. The van der Waals surface area contributed by atoms with Crippen LogP contribution in [0.1, 0.15) is 18.9 Å². The van der Waals surface area contributed by atoms with Gasteiger partial charge in [-0.05, 0) is 24.6 Å². The van der Waals surface area contributed by atoms with Crippen molar-refractivity contribution in [1.82, 2.24) is 9.80 Å². The van der Waals surface area contributed by atoms with Crippen molar-refractivity contribution in [2.24, 2.45) is 0 Å². The molecule has 0 saturated carbocycles. The van der Waals surface area contributed by atoms with Crippen LogP contribution in [0, 0.1) is 5.82 Å². The number of piperazine rings is 1. The summed E-state index contributed by atoms with van der Waals surface area (Å²) in [6.07, 6.45) is 0.528. The molecule has 2 aromatic rings. The molecule has 3 rings (SSSR count). The number of anilines is 1. The van der Waals surface area contributed by atoms with Gasteiger partial charge in [-0.1, -0.05) is 42.5 Å². The van der Waals surface area contributed by atoms with E-state index in [2.05, 4.69) is 21.9 Å². The lowest BCUT2D eigenvalue weighted by Gasteiger charge is -2.36. The molecule has 0 spiro atoms. The number of benzene rings is 2. The first-order chi connectivity index (χ1) is 13.2. The van der Waals surface area contributed by atoms with Crippen LogP contribution in [0.2, 0.25) is 0 Å². The predicted molar refractivity (Wildman–Crippen MR) is 107 cm³/mol. The van der Waals surface area contributed by atoms with E-state index in [1.54, 1.807) is 6.07 Å². The Kier molecular flexibility index (Phi) is 6.82. The summed E-state index contributed by atoms with van der Waals surface area (Å²) >= 11 is 0. The number of para-hydroxylation sites is 1. The molecule has 5 heteroatoms. The highest BCUT2D eigenvalue weighted by molar-refractivity contribution is 5.76. The molecule has 4 nitrogen and oxygen atoms in total. The number of carbonyl (C=O) groups excluding carboxylic acids is 1. The van der Waals surface area contributed by atoms with E-state index < -0.39 is 0 Å². The Morgan fingerprint density at radius 1 is 1.00 bits per heavy atom. The summed E-state index contributed by atoms with van der Waals surface area (Å²) in [5, 5.41) is 0. The summed E-state index contributed by atoms with van der Waals surface area (Å²) < 4.78 is 13.9. The molecule has 0 atom stereocenters. The largest absolute Gasteiger partial charge is 0.367 e. The minimum Gasteiger partial charge on any atom is -0.367 e. The minimum absolute atomic E-state index is 0.166. The third kappa shape index (κ3) is 5.30. The topological polar surface area (TPSA) is 26.8 Å². The van der Waals surface area contributed by atoms with Crippen LogP contribution in [0.25, 0.3) is 0 Å². The van der Waals surface area contributed by atoms with Gasteiger partial charge in [-0.2, -0.15) is 0 Å². The Bertz CT molecular complexity index is 729. The monoisotopic (exact) mass is 369 g/mol. The summed E-state index contributed by atoms with van der Waals surface area (Å²) in [4.78, 5) is 18.9. The van der Waals surface area contributed by atoms with Crippen LogP contribution in [0.3, 0.4) is 0 Å². The molecule has 1 aliphatic heterocycles. The highest BCUT2D eigenvalue weighted by Crippen LogP contribution is 2.20. The van der Waals surface area contributed by atoms with E-state index in [1.807, 2.05) is 42.2 Å². The van der Waals surface area contributed by atoms with Gasteiger partial charge in [0, 0.05) is 52.2 Å². The highest BCUT2D eigenvalue weighted by Gasteiger charge is 2.20. The van der Waals surface area contributed by atoms with Crippen molar-refractivity contribution in [3.8, 4) is 0 Å². The molecule has 144 valence electrons. The van der Waals surface area contributed by atoms with Gasteiger partial charge in [-0.25, -0.2) is 4.39 Å². The van der Waals surface area contributed by atoms with E-state index in [0.29, 0.717) is 18.7 Å². The average Bonchev–Trinajstić information content (AvgIpc) is 2.72. The van der Waals surface area contributed by atoms with Crippen molar-refractivity contribution >= 4 is 11.6 Å². The minimum atomic E-state index is -0.166. The summed E-state index contributed by atoms with van der Waals surface area (Å²) in [6, 6.07) is 17.0. The summed E-state index contributed by atoms with van der Waals surface area (Å²) in [7, 11) is 0. The maximum atomic E-state index is 13.9. The summed E-state index contributed by atoms with van der Waals surface area (Å²) in [5.41, 5.74) is 1.83. The molecular formula is C22H28FN3O. The lowest BCUT2D eigenvalue weighted by atomic mass is 10.2. The van der Waals surface area contributed by atoms with Gasteiger partial charge >= 0.3 is 0 Å². The second kappa shape index (κ2) is 9.51. The normalized spacial score (nSPS) is 15.0. The van der Waals surface area contributed by atoms with E-state index in [4.69, 9.17) is 0 Å². The van der Waals surface area contributed by atoms with Crippen LogP contribution in [-0.4, -0.2) is 55.0 Å². The van der Waals surface area contributed by atoms with Gasteiger partial charge in [-0.15, -0.1) is 0 Å². The third-order valence-electron chi connectivity index (χ3n) is 5.16. The van der Waals surface area contributed by atoms with Crippen molar-refractivity contribution in [1.29, 1.82) is 0 Å². The van der Waals surface area contributed by atoms with Crippen LogP contribution in [0.5, 0.6) is 0 Å². The fourth-order valence-corrected chi connectivity index (χ4v) is 3.51. The number of rotatable bonds is 7. The molecule has 27 heavy (non-hydrogen) atoms. The quantitative estimate of drug-likeness (QED) is 0.749. The van der Waals surface area contributed by atoms with Crippen molar-refractivity contribution in [3.63, 3.8) is 0 Å². The summed E-state index contributed by atoms with van der Waals surface area (Å²) in [6.45, 7) is 7.45. The number of halogens is 1. The van der Waals surface area contributed by atoms with Crippen molar-refractivity contribution < 1.29 is 9.18 Å². The second-order valence-corrected chi connectivity index (χ2v) is 6.92. The Balaban J connectivity index is 1.45. The van der Waals surface area contributed by atoms with Gasteiger partial charge in [0.15, 0.2) is 0 Å². The van der Waals surface area contributed by atoms with Crippen LogP contribution in [0.4, 0.5) is 10.1 Å². The van der Waals surface area contributed by atoms with Gasteiger partial charge in [0.1, 0.15) is 5.82 Å². The molecule has 1 aliphatic rings. The number of amides is 1. The molecule has 1 fully saturated rings. The van der Waals surface area contributed by atoms with Crippen LogP contribution in [-0.2, 0) is 11.3 Å². The van der Waals surface area contributed by atoms with Gasteiger partial charge in [-0.3, -0.25) is 9.69 Å². The predicted octanol–water partition coefficient (Wildman–Crippen LogP) is 3.39. The second-order valence-electron chi connectivity index (χ2n) is 6.92. The van der Waals surface area contributed by atoms with Crippen LogP contribution < -0.4 is 4.90 Å². The molecule has 2 aromatic carbocycles. The standard InChI is InChI=1S/C22H28FN3O/c1-2-25(18-19-8-4-3-5-9-19)22(27)12-13-24-14-16-26(17-15-24)21-11-7-6-10-20(21)23/h3-11H,2,12-18H2,1H3. The molecule has 0 aliphatic carbocycles. The maximum absolute atomic E-state index is 13.9. The number of nitrogens with zero attached hydrogens (tertiary/aromatic N) is 3. The fourth-order valence-electron chi connectivity index (χ4n) is 3.51. The lowest BCUT2D eigenvalue weighted by Crippen LogP contribution is -2.47. The van der Waals surface area contributed by atoms with Gasteiger partial charge in [0.05, 0.1) is 5.69 Å². The smallest absolute Gasteiger partial charge is 0.224 e. The number of hydrogen-bond donors (Lipinski definition) is 0. The van der Waals surface area contributed by atoms with Crippen LogP contribution in [0.15, 0.2) is 54.6 Å². The van der Waals surface area contributed by atoms with Crippen molar-refractivity contribution in [2.75, 3.05) is 44.2 Å². The Morgan fingerprint density at radius 2 is 1.67 bits per heavy atom. The number of hydrogen-bond acceptors (Lipinski definition) is 3. The molecule has 1 heterocycles. The zero-order valence-electron chi connectivity index (χ0n) is 16.0. The zero-order chi connectivity index (χ0) is 19.1. The highest BCUT2D eigenvalue weighted by atomic mass is 19.1. The van der Waals surface area contributed by atoms with Crippen LogP contribution >= 0.6 is 0 Å². The lowest BCUT2D eigenvalue weighted by molar-refractivity contribution is -0.132. The molecule has 0 radical (unpaired) electrons. The van der Waals surface area contributed by atoms with E-state index in [0.717, 1.165) is 44.8 Å². The maximum Gasteiger partial charge on any atom is 0.224 e. The molecule has 1 amide bonds. The molecule has 0 unspecified atom stereocenters. The van der Waals surface area contributed by atoms with Crippen molar-refractivity contribution in [2.45, 2.75) is 19.9 Å². The Labute approximate surface area is 161 Å². The molecule has 0 N–H and O–H groups in total. The SMILES string of the molecule is CCN(Cc1ccccc1)C(=O)CCN1CCN(c2ccccc2F)CC1. The van der Waals surface area contributed by atoms with Gasteiger partial charge in [0.25, 0.3) is 0 Å². The molecular weight excluding hydrogens is 341 g/mol. The zero-order valence-corrected chi connectivity index (χ0v) is 16.0. The van der Waals surface area contributed by atoms with E-state index in [9.17, 15) is 9.18 Å².